The third kappa shape index (κ3) is 1.79. The second-order valence-corrected chi connectivity index (χ2v) is 4.33. The lowest BCUT2D eigenvalue weighted by atomic mass is 9.98. The molecule has 1 N–H and O–H groups in total. The third-order valence-corrected chi connectivity index (χ3v) is 3.06. The van der Waals surface area contributed by atoms with Gasteiger partial charge in [-0.25, -0.2) is 0 Å². The monoisotopic (exact) mass is 235 g/mol. The molecule has 0 radical (unpaired) electrons. The van der Waals surface area contributed by atoms with Gasteiger partial charge < -0.3 is 5.32 Å². The van der Waals surface area contributed by atoms with Crippen molar-refractivity contribution in [2.45, 2.75) is 12.5 Å². The lowest BCUT2D eigenvalue weighted by Gasteiger charge is -2.29. The fourth-order valence-corrected chi connectivity index (χ4v) is 2.50. The first-order chi connectivity index (χ1) is 6.18. The molecule has 13 heavy (non-hydrogen) atoms. The standard InChI is InChI=1S/C9H8Cl3N/c10-5-3-6(11)9(7(12)4-5)8-1-2-13-8/h3-4,8,13H,1-2H2/t8-/m1/s1. The zero-order valence-corrected chi connectivity index (χ0v) is 9.05. The van der Waals surface area contributed by atoms with E-state index in [1.165, 1.54) is 0 Å². The average Bonchev–Trinajstić information content (AvgIpc) is 1.92. The van der Waals surface area contributed by atoms with Gasteiger partial charge in [0.1, 0.15) is 0 Å². The Hall–Kier alpha value is 0.0500. The zero-order valence-electron chi connectivity index (χ0n) is 6.78. The van der Waals surface area contributed by atoms with Gasteiger partial charge in [0.2, 0.25) is 0 Å². The maximum Gasteiger partial charge on any atom is 0.0483 e. The van der Waals surface area contributed by atoms with Crippen LogP contribution in [0, 0.1) is 0 Å². The maximum absolute atomic E-state index is 6.03. The molecule has 0 unspecified atom stereocenters. The van der Waals surface area contributed by atoms with Crippen LogP contribution in [0.1, 0.15) is 18.0 Å². The Morgan fingerprint density at radius 1 is 1.15 bits per heavy atom. The fraction of sp³-hybridized carbons (Fsp3) is 0.333. The fourth-order valence-electron chi connectivity index (χ4n) is 1.42. The maximum atomic E-state index is 6.03. The molecule has 1 aromatic carbocycles. The van der Waals surface area contributed by atoms with Crippen LogP contribution in [0.15, 0.2) is 12.1 Å². The Morgan fingerprint density at radius 2 is 1.69 bits per heavy atom. The van der Waals surface area contributed by atoms with Gasteiger partial charge in [0.05, 0.1) is 0 Å². The largest absolute Gasteiger partial charge is 0.310 e. The molecular weight excluding hydrogens is 228 g/mol. The van der Waals surface area contributed by atoms with Crippen molar-refractivity contribution < 1.29 is 0 Å². The van der Waals surface area contributed by atoms with Crippen LogP contribution >= 0.6 is 34.8 Å². The highest BCUT2D eigenvalue weighted by Crippen LogP contribution is 2.36. The molecule has 0 aliphatic carbocycles. The van der Waals surface area contributed by atoms with E-state index in [1.807, 2.05) is 0 Å². The topological polar surface area (TPSA) is 12.0 Å². The van der Waals surface area contributed by atoms with Gasteiger partial charge >= 0.3 is 0 Å². The van der Waals surface area contributed by atoms with Gasteiger partial charge in [-0.2, -0.15) is 0 Å². The molecule has 1 saturated heterocycles. The Kier molecular flexibility index (Phi) is 2.70. The van der Waals surface area contributed by atoms with Crippen molar-refractivity contribution in [3.05, 3.63) is 32.8 Å². The van der Waals surface area contributed by atoms with E-state index in [-0.39, 0.29) is 0 Å². The summed E-state index contributed by atoms with van der Waals surface area (Å²) in [4.78, 5) is 0. The van der Waals surface area contributed by atoms with Crippen molar-refractivity contribution >= 4 is 34.8 Å². The van der Waals surface area contributed by atoms with E-state index < -0.39 is 0 Å². The van der Waals surface area contributed by atoms with Gasteiger partial charge in [0.15, 0.2) is 0 Å². The third-order valence-electron chi connectivity index (χ3n) is 2.22. The molecule has 1 atom stereocenters. The van der Waals surface area contributed by atoms with Gasteiger partial charge in [-0.05, 0) is 25.1 Å². The highest BCUT2D eigenvalue weighted by molar-refractivity contribution is 6.39. The summed E-state index contributed by atoms with van der Waals surface area (Å²) < 4.78 is 0. The van der Waals surface area contributed by atoms with Crippen LogP contribution in [0.2, 0.25) is 15.1 Å². The van der Waals surface area contributed by atoms with Crippen molar-refractivity contribution in [3.63, 3.8) is 0 Å². The van der Waals surface area contributed by atoms with Crippen molar-refractivity contribution in [1.82, 2.24) is 5.32 Å². The second kappa shape index (κ2) is 3.66. The van der Waals surface area contributed by atoms with Crippen LogP contribution in [0.4, 0.5) is 0 Å². The SMILES string of the molecule is Clc1cc(Cl)c([C@H]2CCN2)c(Cl)c1. The van der Waals surface area contributed by atoms with Gasteiger partial charge in [-0.15, -0.1) is 0 Å². The molecule has 1 nitrogen and oxygen atoms in total. The summed E-state index contributed by atoms with van der Waals surface area (Å²) in [5.74, 6) is 0. The normalized spacial score (nSPS) is 21.3. The molecule has 1 aliphatic rings. The summed E-state index contributed by atoms with van der Waals surface area (Å²) >= 11 is 17.9. The summed E-state index contributed by atoms with van der Waals surface area (Å²) in [5.41, 5.74) is 0.971. The summed E-state index contributed by atoms with van der Waals surface area (Å²) in [7, 11) is 0. The first-order valence-corrected chi connectivity index (χ1v) is 5.19. The van der Waals surface area contributed by atoms with E-state index in [4.69, 9.17) is 34.8 Å². The smallest absolute Gasteiger partial charge is 0.0483 e. The first kappa shape index (κ1) is 9.60. The number of hydrogen-bond donors (Lipinski definition) is 1. The van der Waals surface area contributed by atoms with Crippen molar-refractivity contribution in [3.8, 4) is 0 Å². The molecule has 1 aliphatic heterocycles. The molecule has 2 rings (SSSR count). The van der Waals surface area contributed by atoms with E-state index >= 15 is 0 Å². The minimum Gasteiger partial charge on any atom is -0.310 e. The highest BCUT2D eigenvalue weighted by Gasteiger charge is 2.23. The molecule has 0 aromatic heterocycles. The molecule has 4 heteroatoms. The number of halogens is 3. The molecule has 1 heterocycles. The Balaban J connectivity index is 2.43. The average molecular weight is 237 g/mol. The predicted octanol–water partition coefficient (Wildman–Crippen LogP) is 3.68. The minimum absolute atomic E-state index is 0.303. The van der Waals surface area contributed by atoms with Crippen LogP contribution in [0.3, 0.4) is 0 Å². The van der Waals surface area contributed by atoms with Gasteiger partial charge in [0.25, 0.3) is 0 Å². The van der Waals surface area contributed by atoms with E-state index in [9.17, 15) is 0 Å². The lowest BCUT2D eigenvalue weighted by molar-refractivity contribution is 0.383. The van der Waals surface area contributed by atoms with Crippen molar-refractivity contribution in [2.75, 3.05) is 6.54 Å². The molecule has 1 fully saturated rings. The second-order valence-electron chi connectivity index (χ2n) is 3.08. The van der Waals surface area contributed by atoms with Crippen molar-refractivity contribution in [1.29, 1.82) is 0 Å². The van der Waals surface area contributed by atoms with Crippen LogP contribution in [0.25, 0.3) is 0 Å². The minimum atomic E-state index is 0.303. The molecule has 0 spiro atoms. The van der Waals surface area contributed by atoms with Crippen LogP contribution in [0.5, 0.6) is 0 Å². The Morgan fingerprint density at radius 3 is 2.08 bits per heavy atom. The molecule has 70 valence electrons. The predicted molar refractivity (Wildman–Crippen MR) is 56.8 cm³/mol. The lowest BCUT2D eigenvalue weighted by Crippen LogP contribution is -2.35. The van der Waals surface area contributed by atoms with Crippen LogP contribution in [-0.4, -0.2) is 6.54 Å². The Labute approximate surface area is 92.0 Å². The number of rotatable bonds is 1. The number of hydrogen-bond acceptors (Lipinski definition) is 1. The first-order valence-electron chi connectivity index (χ1n) is 4.06. The van der Waals surface area contributed by atoms with Crippen LogP contribution in [-0.2, 0) is 0 Å². The molecular formula is C9H8Cl3N. The number of benzene rings is 1. The summed E-state index contributed by atoms with van der Waals surface area (Å²) in [6.45, 7) is 1.03. The Bertz CT molecular complexity index is 311. The van der Waals surface area contributed by atoms with E-state index in [2.05, 4.69) is 5.32 Å². The quantitative estimate of drug-likeness (QED) is 0.784. The highest BCUT2D eigenvalue weighted by atomic mass is 35.5. The summed E-state index contributed by atoms with van der Waals surface area (Å²) in [6, 6.07) is 3.76. The molecule has 0 saturated carbocycles. The summed E-state index contributed by atoms with van der Waals surface area (Å²) in [5, 5.41) is 5.13. The van der Waals surface area contributed by atoms with E-state index in [1.54, 1.807) is 12.1 Å². The number of nitrogens with one attached hydrogen (secondary N) is 1. The molecule has 0 bridgehead atoms. The van der Waals surface area contributed by atoms with Gasteiger partial charge in [-0.1, -0.05) is 34.8 Å². The van der Waals surface area contributed by atoms with E-state index in [0.717, 1.165) is 18.5 Å². The van der Waals surface area contributed by atoms with Crippen molar-refractivity contribution in [2.24, 2.45) is 0 Å². The molecule has 0 amide bonds. The van der Waals surface area contributed by atoms with E-state index in [0.29, 0.717) is 21.1 Å². The molecule has 1 aromatic rings. The van der Waals surface area contributed by atoms with Gasteiger partial charge in [-0.3, -0.25) is 0 Å². The summed E-state index contributed by atoms with van der Waals surface area (Å²) in [6.07, 6.45) is 1.08. The van der Waals surface area contributed by atoms with Crippen LogP contribution < -0.4 is 5.32 Å². The zero-order chi connectivity index (χ0) is 9.42. The van der Waals surface area contributed by atoms with Gasteiger partial charge in [0, 0.05) is 26.7 Å².